The van der Waals surface area contributed by atoms with Crippen molar-refractivity contribution in [2.45, 2.75) is 0 Å². The molecule has 0 aliphatic carbocycles. The van der Waals surface area contributed by atoms with E-state index in [1.54, 1.807) is 0 Å². The lowest BCUT2D eigenvalue weighted by Gasteiger charge is -2.26. The number of fused-ring (bicyclic) bond motifs is 3. The van der Waals surface area contributed by atoms with Crippen molar-refractivity contribution >= 4 is 48.6 Å². The van der Waals surface area contributed by atoms with Crippen LogP contribution in [0.5, 0.6) is 0 Å². The summed E-state index contributed by atoms with van der Waals surface area (Å²) in [6.45, 7) is 0. The van der Waals surface area contributed by atoms with Gasteiger partial charge in [-0.3, -0.25) is 0 Å². The SMILES string of the molecule is c1ccc(-c2ccc(N(c3ccc(-c4ccc(-c5ccccc5)c(-c5ccccc5)c4)cc3)c3cccc4c3sc3ccccc34)cc2)cc1. The maximum Gasteiger partial charge on any atom is 0.0640 e. The molecular formula is C48H33NS. The molecule has 0 saturated heterocycles. The second-order valence-corrected chi connectivity index (χ2v) is 13.6. The van der Waals surface area contributed by atoms with Gasteiger partial charge in [-0.05, 0) is 87.0 Å². The van der Waals surface area contributed by atoms with Crippen LogP contribution in [0.25, 0.3) is 64.7 Å². The Labute approximate surface area is 297 Å². The molecule has 0 bridgehead atoms. The number of hydrogen-bond acceptors (Lipinski definition) is 2. The van der Waals surface area contributed by atoms with Crippen molar-refractivity contribution in [3.05, 3.63) is 200 Å². The zero-order chi connectivity index (χ0) is 33.3. The van der Waals surface area contributed by atoms with E-state index >= 15 is 0 Å². The third kappa shape index (κ3) is 5.56. The molecule has 0 saturated carbocycles. The maximum absolute atomic E-state index is 2.41. The molecule has 0 aliphatic heterocycles. The minimum atomic E-state index is 1.12. The van der Waals surface area contributed by atoms with E-state index in [4.69, 9.17) is 0 Å². The third-order valence-corrected chi connectivity index (χ3v) is 10.7. The molecule has 8 aromatic carbocycles. The highest BCUT2D eigenvalue weighted by Gasteiger charge is 2.19. The largest absolute Gasteiger partial charge is 0.309 e. The van der Waals surface area contributed by atoms with Crippen molar-refractivity contribution in [3.8, 4) is 44.5 Å². The van der Waals surface area contributed by atoms with Gasteiger partial charge in [0.1, 0.15) is 0 Å². The van der Waals surface area contributed by atoms with Gasteiger partial charge < -0.3 is 4.90 Å². The van der Waals surface area contributed by atoms with Crippen LogP contribution < -0.4 is 4.90 Å². The first-order valence-corrected chi connectivity index (χ1v) is 17.8. The number of anilines is 3. The first-order chi connectivity index (χ1) is 24.8. The molecule has 1 aromatic heterocycles. The van der Waals surface area contributed by atoms with Crippen molar-refractivity contribution in [2.24, 2.45) is 0 Å². The first-order valence-electron chi connectivity index (χ1n) is 17.0. The Morgan fingerprint density at radius 3 is 1.44 bits per heavy atom. The van der Waals surface area contributed by atoms with Crippen molar-refractivity contribution in [1.82, 2.24) is 0 Å². The average Bonchev–Trinajstić information content (AvgIpc) is 3.59. The van der Waals surface area contributed by atoms with Gasteiger partial charge in [-0.1, -0.05) is 158 Å². The van der Waals surface area contributed by atoms with Crippen LogP contribution in [0.4, 0.5) is 17.1 Å². The Hall–Kier alpha value is -6.22. The molecule has 0 radical (unpaired) electrons. The van der Waals surface area contributed by atoms with E-state index in [9.17, 15) is 0 Å². The Morgan fingerprint density at radius 2 is 0.800 bits per heavy atom. The Balaban J connectivity index is 1.15. The Kier molecular flexibility index (Phi) is 7.77. The lowest BCUT2D eigenvalue weighted by atomic mass is 9.91. The molecule has 2 heteroatoms. The van der Waals surface area contributed by atoms with Gasteiger partial charge >= 0.3 is 0 Å². The molecule has 0 aliphatic rings. The van der Waals surface area contributed by atoms with Gasteiger partial charge in [-0.2, -0.15) is 0 Å². The molecule has 9 rings (SSSR count). The number of benzene rings is 8. The van der Waals surface area contributed by atoms with Crippen LogP contribution in [0.3, 0.4) is 0 Å². The maximum atomic E-state index is 2.41. The van der Waals surface area contributed by atoms with E-state index < -0.39 is 0 Å². The molecule has 50 heavy (non-hydrogen) atoms. The summed E-state index contributed by atoms with van der Waals surface area (Å²) < 4.78 is 2.59. The summed E-state index contributed by atoms with van der Waals surface area (Å²) in [5.74, 6) is 0. The predicted molar refractivity (Wildman–Crippen MR) is 216 cm³/mol. The van der Waals surface area contributed by atoms with Crippen LogP contribution in [0.15, 0.2) is 200 Å². The van der Waals surface area contributed by atoms with Crippen molar-refractivity contribution in [1.29, 1.82) is 0 Å². The molecule has 1 nitrogen and oxygen atoms in total. The standard InChI is InChI=1S/C48H33NS/c1-4-13-34(14-5-1)35-23-28-40(29-24-35)49(46-21-12-20-44-43-19-10-11-22-47(43)50-48(44)46)41-30-25-36(26-31-41)39-27-32-42(37-15-6-2-7-16-37)45(33-39)38-17-8-3-9-18-38/h1-33H. The first kappa shape index (κ1) is 29.9. The molecule has 0 atom stereocenters. The van der Waals surface area contributed by atoms with Gasteiger partial charge in [-0.25, -0.2) is 0 Å². The molecule has 0 unspecified atom stereocenters. The topological polar surface area (TPSA) is 3.24 Å². The normalized spacial score (nSPS) is 11.2. The van der Waals surface area contributed by atoms with Crippen LogP contribution in [-0.4, -0.2) is 0 Å². The summed E-state index contributed by atoms with van der Waals surface area (Å²) >= 11 is 1.86. The Bertz CT molecular complexity index is 2550. The lowest BCUT2D eigenvalue weighted by molar-refractivity contribution is 1.30. The summed E-state index contributed by atoms with van der Waals surface area (Å²) in [5, 5.41) is 2.59. The molecule has 236 valence electrons. The van der Waals surface area contributed by atoms with Gasteiger partial charge in [0.05, 0.1) is 10.4 Å². The van der Waals surface area contributed by atoms with E-state index in [0.717, 1.165) is 11.4 Å². The van der Waals surface area contributed by atoms with Crippen LogP contribution in [0.2, 0.25) is 0 Å². The molecular weight excluding hydrogens is 623 g/mol. The summed E-state index contributed by atoms with van der Waals surface area (Å²) in [6.07, 6.45) is 0. The zero-order valence-electron chi connectivity index (χ0n) is 27.4. The molecule has 0 fully saturated rings. The molecule has 1 heterocycles. The van der Waals surface area contributed by atoms with E-state index in [2.05, 4.69) is 205 Å². The van der Waals surface area contributed by atoms with Crippen molar-refractivity contribution < 1.29 is 0 Å². The van der Waals surface area contributed by atoms with Gasteiger partial charge in [0.15, 0.2) is 0 Å². The van der Waals surface area contributed by atoms with Crippen LogP contribution in [-0.2, 0) is 0 Å². The molecule has 0 amide bonds. The van der Waals surface area contributed by atoms with Gasteiger partial charge in [0, 0.05) is 26.8 Å². The highest BCUT2D eigenvalue weighted by molar-refractivity contribution is 7.26. The quantitative estimate of drug-likeness (QED) is 0.165. The molecule has 9 aromatic rings. The zero-order valence-corrected chi connectivity index (χ0v) is 28.2. The van der Waals surface area contributed by atoms with E-state index in [1.165, 1.54) is 70.4 Å². The minimum absolute atomic E-state index is 1.12. The minimum Gasteiger partial charge on any atom is -0.309 e. The molecule has 0 spiro atoms. The van der Waals surface area contributed by atoms with Gasteiger partial charge in [0.25, 0.3) is 0 Å². The summed E-state index contributed by atoms with van der Waals surface area (Å²) in [6, 6.07) is 72.2. The monoisotopic (exact) mass is 655 g/mol. The van der Waals surface area contributed by atoms with Crippen molar-refractivity contribution in [2.75, 3.05) is 4.90 Å². The summed E-state index contributed by atoms with van der Waals surface area (Å²) in [5.41, 5.74) is 13.1. The number of rotatable bonds is 7. The van der Waals surface area contributed by atoms with Crippen LogP contribution in [0, 0.1) is 0 Å². The number of hydrogen-bond donors (Lipinski definition) is 0. The Morgan fingerprint density at radius 1 is 0.320 bits per heavy atom. The fraction of sp³-hybridized carbons (Fsp3) is 0. The number of nitrogens with zero attached hydrogens (tertiary/aromatic N) is 1. The van der Waals surface area contributed by atoms with E-state index in [-0.39, 0.29) is 0 Å². The average molecular weight is 656 g/mol. The number of thiophene rings is 1. The summed E-state index contributed by atoms with van der Waals surface area (Å²) in [7, 11) is 0. The fourth-order valence-electron chi connectivity index (χ4n) is 7.02. The van der Waals surface area contributed by atoms with Crippen molar-refractivity contribution in [3.63, 3.8) is 0 Å². The lowest BCUT2D eigenvalue weighted by Crippen LogP contribution is -2.10. The third-order valence-electron chi connectivity index (χ3n) is 9.51. The predicted octanol–water partition coefficient (Wildman–Crippen LogP) is 14.2. The van der Waals surface area contributed by atoms with E-state index in [0.29, 0.717) is 0 Å². The van der Waals surface area contributed by atoms with Gasteiger partial charge in [-0.15, -0.1) is 11.3 Å². The fourth-order valence-corrected chi connectivity index (χ4v) is 8.23. The highest BCUT2D eigenvalue weighted by Crippen LogP contribution is 2.45. The second-order valence-electron chi connectivity index (χ2n) is 12.5. The van der Waals surface area contributed by atoms with Crippen LogP contribution in [0.1, 0.15) is 0 Å². The molecule has 0 N–H and O–H groups in total. The highest BCUT2D eigenvalue weighted by atomic mass is 32.1. The van der Waals surface area contributed by atoms with Gasteiger partial charge in [0.2, 0.25) is 0 Å². The smallest absolute Gasteiger partial charge is 0.0640 e. The van der Waals surface area contributed by atoms with E-state index in [1.807, 2.05) is 11.3 Å². The second kappa shape index (κ2) is 13.0. The van der Waals surface area contributed by atoms with Crippen LogP contribution >= 0.6 is 11.3 Å². The summed E-state index contributed by atoms with van der Waals surface area (Å²) in [4.78, 5) is 2.41.